The Morgan fingerprint density at radius 1 is 1.23 bits per heavy atom. The van der Waals surface area contributed by atoms with Gasteiger partial charge in [-0.3, -0.25) is 9.48 Å². The Balaban J connectivity index is 1.48. The number of hydrogen-bond donors (Lipinski definition) is 0. The minimum atomic E-state index is 0.0752. The third-order valence-electron chi connectivity index (χ3n) is 5.05. The number of carbonyl (C=O) groups excluding carboxylic acids is 1. The Labute approximate surface area is 153 Å². The first-order chi connectivity index (χ1) is 12.6. The lowest BCUT2D eigenvalue weighted by molar-refractivity contribution is 0.0786. The summed E-state index contributed by atoms with van der Waals surface area (Å²) < 4.78 is 3.94. The van der Waals surface area contributed by atoms with Gasteiger partial charge in [0.25, 0.3) is 5.91 Å². The molecule has 1 amide bonds. The average Bonchev–Trinajstić information content (AvgIpc) is 3.37. The van der Waals surface area contributed by atoms with E-state index in [0.717, 1.165) is 43.1 Å². The molecule has 1 saturated heterocycles. The fourth-order valence-electron chi connectivity index (χ4n) is 3.65. The van der Waals surface area contributed by atoms with Gasteiger partial charge in [0.05, 0.1) is 11.8 Å². The number of rotatable bonds is 4. The number of hydrogen-bond acceptors (Lipinski definition) is 3. The van der Waals surface area contributed by atoms with E-state index in [2.05, 4.69) is 33.7 Å². The van der Waals surface area contributed by atoms with E-state index in [1.165, 1.54) is 0 Å². The summed E-state index contributed by atoms with van der Waals surface area (Å²) >= 11 is 0. The summed E-state index contributed by atoms with van der Waals surface area (Å²) in [6, 6.07) is 10.3. The lowest BCUT2D eigenvalue weighted by atomic mass is 10.1. The van der Waals surface area contributed by atoms with Crippen LogP contribution in [0.25, 0.3) is 11.4 Å². The molecule has 0 N–H and O–H groups in total. The number of carbonyl (C=O) groups is 1. The molecule has 0 saturated carbocycles. The first kappa shape index (κ1) is 16.6. The smallest absolute Gasteiger partial charge is 0.257 e. The van der Waals surface area contributed by atoms with Crippen LogP contribution in [-0.4, -0.2) is 43.2 Å². The summed E-state index contributed by atoms with van der Waals surface area (Å²) in [6.07, 6.45) is 6.36. The van der Waals surface area contributed by atoms with Gasteiger partial charge in [0, 0.05) is 50.3 Å². The van der Waals surface area contributed by atoms with E-state index < -0.39 is 0 Å². The average molecular weight is 349 g/mol. The zero-order valence-corrected chi connectivity index (χ0v) is 15.2. The number of amides is 1. The van der Waals surface area contributed by atoms with Crippen molar-refractivity contribution in [2.45, 2.75) is 19.9 Å². The van der Waals surface area contributed by atoms with Crippen LogP contribution in [0.15, 0.2) is 48.9 Å². The fraction of sp³-hybridized carbons (Fsp3) is 0.350. The molecule has 1 fully saturated rings. The molecule has 4 rings (SSSR count). The Hall–Kier alpha value is -2.89. The Bertz CT molecular complexity index is 911. The van der Waals surface area contributed by atoms with Crippen molar-refractivity contribution in [3.05, 3.63) is 60.2 Å². The molecule has 1 unspecified atom stereocenters. The largest absolute Gasteiger partial charge is 0.338 e. The van der Waals surface area contributed by atoms with Crippen molar-refractivity contribution in [2.24, 2.45) is 13.0 Å². The van der Waals surface area contributed by atoms with Crippen molar-refractivity contribution < 1.29 is 4.79 Å². The van der Waals surface area contributed by atoms with Crippen LogP contribution in [0.2, 0.25) is 0 Å². The normalized spacial score (nSPS) is 17.0. The summed E-state index contributed by atoms with van der Waals surface area (Å²) in [5, 5.41) is 4.10. The van der Waals surface area contributed by atoms with Crippen LogP contribution < -0.4 is 0 Å². The number of imidazole rings is 1. The van der Waals surface area contributed by atoms with E-state index in [0.29, 0.717) is 11.5 Å². The van der Waals surface area contributed by atoms with Crippen LogP contribution >= 0.6 is 0 Å². The van der Waals surface area contributed by atoms with Gasteiger partial charge in [-0.05, 0) is 19.3 Å². The number of aryl methyl sites for hydroxylation is 2. The summed E-state index contributed by atoms with van der Waals surface area (Å²) in [5.74, 6) is 1.51. The number of likely N-dealkylation sites (tertiary alicyclic amines) is 1. The molecular weight excluding hydrogens is 326 g/mol. The molecule has 134 valence electrons. The topological polar surface area (TPSA) is 56.0 Å². The maximum atomic E-state index is 12.6. The van der Waals surface area contributed by atoms with Gasteiger partial charge in [-0.2, -0.15) is 5.10 Å². The molecule has 2 aromatic heterocycles. The molecule has 0 radical (unpaired) electrons. The van der Waals surface area contributed by atoms with E-state index in [-0.39, 0.29) is 5.91 Å². The highest BCUT2D eigenvalue weighted by atomic mass is 16.2. The molecule has 0 spiro atoms. The summed E-state index contributed by atoms with van der Waals surface area (Å²) in [5.41, 5.74) is 2.94. The second kappa shape index (κ2) is 6.78. The molecule has 3 aromatic rings. The molecule has 1 aliphatic rings. The third-order valence-corrected chi connectivity index (χ3v) is 5.05. The van der Waals surface area contributed by atoms with Crippen molar-refractivity contribution in [2.75, 3.05) is 13.1 Å². The van der Waals surface area contributed by atoms with Gasteiger partial charge < -0.3 is 9.47 Å². The van der Waals surface area contributed by atoms with Gasteiger partial charge in [-0.25, -0.2) is 4.98 Å². The maximum Gasteiger partial charge on any atom is 0.257 e. The zero-order valence-electron chi connectivity index (χ0n) is 15.2. The minimum Gasteiger partial charge on any atom is -0.338 e. The Kier molecular flexibility index (Phi) is 4.32. The highest BCUT2D eigenvalue weighted by Gasteiger charge is 2.28. The van der Waals surface area contributed by atoms with E-state index in [1.54, 1.807) is 17.1 Å². The van der Waals surface area contributed by atoms with Crippen molar-refractivity contribution in [1.29, 1.82) is 0 Å². The van der Waals surface area contributed by atoms with Crippen LogP contribution in [0.3, 0.4) is 0 Å². The second-order valence-corrected chi connectivity index (χ2v) is 7.01. The molecule has 6 heteroatoms. The highest BCUT2D eigenvalue weighted by molar-refractivity contribution is 5.93. The van der Waals surface area contributed by atoms with Crippen LogP contribution in [0.1, 0.15) is 22.5 Å². The summed E-state index contributed by atoms with van der Waals surface area (Å²) in [7, 11) is 1.83. The molecule has 6 nitrogen and oxygen atoms in total. The van der Waals surface area contributed by atoms with Gasteiger partial charge in [-0.1, -0.05) is 30.3 Å². The van der Waals surface area contributed by atoms with Crippen LogP contribution in [0, 0.1) is 12.8 Å². The predicted molar refractivity (Wildman–Crippen MR) is 99.6 cm³/mol. The molecule has 26 heavy (non-hydrogen) atoms. The zero-order chi connectivity index (χ0) is 18.1. The van der Waals surface area contributed by atoms with Gasteiger partial charge in [-0.15, -0.1) is 0 Å². The van der Waals surface area contributed by atoms with E-state index in [4.69, 9.17) is 0 Å². The lowest BCUT2D eigenvalue weighted by Crippen LogP contribution is -2.29. The van der Waals surface area contributed by atoms with Gasteiger partial charge >= 0.3 is 0 Å². The van der Waals surface area contributed by atoms with Crippen LogP contribution in [0.5, 0.6) is 0 Å². The van der Waals surface area contributed by atoms with Crippen molar-refractivity contribution >= 4 is 5.91 Å². The molecule has 0 aliphatic carbocycles. The first-order valence-corrected chi connectivity index (χ1v) is 8.97. The van der Waals surface area contributed by atoms with E-state index in [1.807, 2.05) is 36.3 Å². The fourth-order valence-corrected chi connectivity index (χ4v) is 3.65. The standard InChI is InChI=1S/C20H23N5O/c1-15-10-21-19(17-6-4-3-5-7-17)25(15)13-16-8-9-24(12-16)20(26)18-11-22-23(2)14-18/h3-7,10-11,14,16H,8-9,12-13H2,1-2H3. The summed E-state index contributed by atoms with van der Waals surface area (Å²) in [6.45, 7) is 4.55. The van der Waals surface area contributed by atoms with E-state index in [9.17, 15) is 4.79 Å². The first-order valence-electron chi connectivity index (χ1n) is 8.97. The summed E-state index contributed by atoms with van der Waals surface area (Å²) in [4.78, 5) is 19.2. The number of nitrogens with zero attached hydrogens (tertiary/aromatic N) is 5. The van der Waals surface area contributed by atoms with Gasteiger partial charge in [0.2, 0.25) is 0 Å². The molecule has 0 bridgehead atoms. The number of aromatic nitrogens is 4. The van der Waals surface area contributed by atoms with Gasteiger partial charge in [0.15, 0.2) is 0 Å². The minimum absolute atomic E-state index is 0.0752. The molecule has 1 aliphatic heterocycles. The maximum absolute atomic E-state index is 12.6. The van der Waals surface area contributed by atoms with Gasteiger partial charge in [0.1, 0.15) is 5.82 Å². The Morgan fingerprint density at radius 3 is 2.77 bits per heavy atom. The monoisotopic (exact) mass is 349 g/mol. The lowest BCUT2D eigenvalue weighted by Gasteiger charge is -2.17. The third kappa shape index (κ3) is 3.14. The van der Waals surface area contributed by atoms with E-state index >= 15 is 0 Å². The van der Waals surface area contributed by atoms with Crippen molar-refractivity contribution in [3.63, 3.8) is 0 Å². The molecular formula is C20H23N5O. The Morgan fingerprint density at radius 2 is 2.04 bits per heavy atom. The quantitative estimate of drug-likeness (QED) is 0.728. The van der Waals surface area contributed by atoms with Crippen LogP contribution in [0.4, 0.5) is 0 Å². The predicted octanol–water partition coefficient (Wildman–Crippen LogP) is 2.75. The molecule has 1 aromatic carbocycles. The van der Waals surface area contributed by atoms with Crippen molar-refractivity contribution in [3.8, 4) is 11.4 Å². The number of benzene rings is 1. The van der Waals surface area contributed by atoms with Crippen molar-refractivity contribution in [1.82, 2.24) is 24.2 Å². The van der Waals surface area contributed by atoms with Crippen LogP contribution in [-0.2, 0) is 13.6 Å². The SMILES string of the molecule is Cc1cnc(-c2ccccc2)n1CC1CCN(C(=O)c2cnn(C)c2)C1. The second-order valence-electron chi connectivity index (χ2n) is 7.01. The molecule has 1 atom stereocenters. The highest BCUT2D eigenvalue weighted by Crippen LogP contribution is 2.25. The molecule has 3 heterocycles.